The number of halogens is 2. The molecule has 10 heteroatoms. The van der Waals surface area contributed by atoms with Gasteiger partial charge >= 0.3 is 12.6 Å². The molecule has 0 aliphatic carbocycles. The fraction of sp³-hybridized carbons (Fsp3) is 0.211. The van der Waals surface area contributed by atoms with Crippen molar-refractivity contribution in [3.05, 3.63) is 53.6 Å². The highest BCUT2D eigenvalue weighted by Gasteiger charge is 2.19. The summed E-state index contributed by atoms with van der Waals surface area (Å²) < 4.78 is 43.5. The van der Waals surface area contributed by atoms with E-state index in [0.717, 1.165) is 12.1 Å². The Balaban J connectivity index is 1.93. The lowest BCUT2D eigenvalue weighted by atomic mass is 10.2. The third-order valence-corrected chi connectivity index (χ3v) is 3.55. The van der Waals surface area contributed by atoms with E-state index >= 15 is 0 Å². The van der Waals surface area contributed by atoms with Crippen LogP contribution in [0.5, 0.6) is 17.2 Å². The van der Waals surface area contributed by atoms with Crippen LogP contribution in [0.25, 0.3) is 0 Å². The summed E-state index contributed by atoms with van der Waals surface area (Å²) in [5.41, 5.74) is 0.0707. The zero-order valence-corrected chi connectivity index (χ0v) is 15.4. The molecule has 0 atom stereocenters. The third kappa shape index (κ3) is 5.89. The highest BCUT2D eigenvalue weighted by molar-refractivity contribution is 6.05. The topological polar surface area (TPSA) is 100 Å². The van der Waals surface area contributed by atoms with Crippen LogP contribution in [0.2, 0.25) is 0 Å². The SMILES string of the molecule is COc1cccc(C(=O)OCC(=O)NC(=O)c2ccc(OC(F)F)cc2)c1OC. The minimum Gasteiger partial charge on any atom is -0.493 e. The lowest BCUT2D eigenvalue weighted by molar-refractivity contribution is -0.123. The summed E-state index contributed by atoms with van der Waals surface area (Å²) >= 11 is 0. The van der Waals surface area contributed by atoms with Crippen molar-refractivity contribution in [1.82, 2.24) is 5.32 Å². The molecular weight excluding hydrogens is 392 g/mol. The molecule has 0 aromatic heterocycles. The number of nitrogens with one attached hydrogen (secondary N) is 1. The predicted molar refractivity (Wildman–Crippen MR) is 95.4 cm³/mol. The van der Waals surface area contributed by atoms with E-state index in [2.05, 4.69) is 4.74 Å². The Hall–Kier alpha value is -3.69. The average Bonchev–Trinajstić information content (AvgIpc) is 2.71. The lowest BCUT2D eigenvalue weighted by Gasteiger charge is -2.12. The van der Waals surface area contributed by atoms with E-state index in [-0.39, 0.29) is 22.6 Å². The molecule has 2 aromatic rings. The zero-order chi connectivity index (χ0) is 21.4. The van der Waals surface area contributed by atoms with Gasteiger partial charge in [0.25, 0.3) is 11.8 Å². The quantitative estimate of drug-likeness (QED) is 0.669. The van der Waals surface area contributed by atoms with Gasteiger partial charge in [0.2, 0.25) is 0 Å². The molecule has 2 aromatic carbocycles. The Kier molecular flexibility index (Phi) is 7.47. The fourth-order valence-corrected chi connectivity index (χ4v) is 2.28. The number of hydrogen-bond acceptors (Lipinski definition) is 7. The maximum Gasteiger partial charge on any atom is 0.387 e. The number of ether oxygens (including phenoxy) is 4. The Morgan fingerprint density at radius 2 is 1.69 bits per heavy atom. The molecule has 0 aliphatic rings. The standard InChI is InChI=1S/C19H17F2NO7/c1-26-14-5-3-4-13(16(14)27-2)18(25)28-10-15(23)22-17(24)11-6-8-12(9-7-11)29-19(20)21/h3-9,19H,10H2,1-2H3,(H,22,23,24). The van der Waals surface area contributed by atoms with Gasteiger partial charge in [-0.25, -0.2) is 4.79 Å². The molecule has 8 nitrogen and oxygen atoms in total. The van der Waals surface area contributed by atoms with Crippen LogP contribution in [0, 0.1) is 0 Å². The minimum atomic E-state index is -2.99. The van der Waals surface area contributed by atoms with E-state index in [1.807, 2.05) is 5.32 Å². The fourth-order valence-electron chi connectivity index (χ4n) is 2.28. The summed E-state index contributed by atoms with van der Waals surface area (Å²) in [6, 6.07) is 9.26. The number of hydrogen-bond donors (Lipinski definition) is 1. The number of benzene rings is 2. The maximum atomic E-state index is 12.2. The van der Waals surface area contributed by atoms with Crippen LogP contribution in [-0.2, 0) is 9.53 Å². The molecule has 0 radical (unpaired) electrons. The average molecular weight is 409 g/mol. The smallest absolute Gasteiger partial charge is 0.387 e. The molecule has 0 saturated heterocycles. The van der Waals surface area contributed by atoms with Gasteiger partial charge in [-0.3, -0.25) is 14.9 Å². The van der Waals surface area contributed by atoms with E-state index in [0.29, 0.717) is 5.75 Å². The summed E-state index contributed by atoms with van der Waals surface area (Å²) in [6.45, 7) is -3.72. The maximum absolute atomic E-state index is 12.2. The van der Waals surface area contributed by atoms with Crippen molar-refractivity contribution in [1.29, 1.82) is 0 Å². The molecule has 0 saturated carbocycles. The number of esters is 1. The van der Waals surface area contributed by atoms with E-state index < -0.39 is 31.0 Å². The second-order valence-corrected chi connectivity index (χ2v) is 5.40. The van der Waals surface area contributed by atoms with Crippen molar-refractivity contribution in [2.24, 2.45) is 0 Å². The Morgan fingerprint density at radius 1 is 1.00 bits per heavy atom. The highest BCUT2D eigenvalue weighted by atomic mass is 19.3. The van der Waals surface area contributed by atoms with E-state index in [1.165, 1.54) is 32.4 Å². The summed E-state index contributed by atoms with van der Waals surface area (Å²) in [5, 5.41) is 2.01. The van der Waals surface area contributed by atoms with Crippen molar-refractivity contribution in [2.75, 3.05) is 20.8 Å². The molecule has 1 N–H and O–H groups in total. The minimum absolute atomic E-state index is 0.0285. The van der Waals surface area contributed by atoms with Crippen molar-refractivity contribution < 1.29 is 42.1 Å². The number of methoxy groups -OCH3 is 2. The summed E-state index contributed by atoms with van der Waals surface area (Å²) in [6.07, 6.45) is 0. The first-order valence-corrected chi connectivity index (χ1v) is 8.13. The number of amides is 2. The number of carbonyl (C=O) groups is 3. The van der Waals surface area contributed by atoms with Crippen LogP contribution in [0.1, 0.15) is 20.7 Å². The molecule has 0 fully saturated rings. The number of carbonyl (C=O) groups excluding carboxylic acids is 3. The monoisotopic (exact) mass is 409 g/mol. The van der Waals surface area contributed by atoms with Gasteiger partial charge in [0.1, 0.15) is 11.3 Å². The third-order valence-electron chi connectivity index (χ3n) is 3.55. The molecule has 154 valence electrons. The molecular formula is C19H17F2NO7. The van der Waals surface area contributed by atoms with Crippen LogP contribution in [0.15, 0.2) is 42.5 Å². The lowest BCUT2D eigenvalue weighted by Crippen LogP contribution is -2.34. The number of rotatable bonds is 8. The van der Waals surface area contributed by atoms with E-state index in [9.17, 15) is 23.2 Å². The van der Waals surface area contributed by atoms with Gasteiger partial charge in [-0.15, -0.1) is 0 Å². The van der Waals surface area contributed by atoms with Gasteiger partial charge in [0, 0.05) is 5.56 Å². The molecule has 2 rings (SSSR count). The number of para-hydroxylation sites is 1. The van der Waals surface area contributed by atoms with Crippen LogP contribution < -0.4 is 19.5 Å². The first kappa shape index (κ1) is 21.6. The van der Waals surface area contributed by atoms with Gasteiger partial charge in [-0.1, -0.05) is 6.07 Å². The molecule has 0 unspecified atom stereocenters. The van der Waals surface area contributed by atoms with Crippen LogP contribution in [-0.4, -0.2) is 45.2 Å². The first-order chi connectivity index (χ1) is 13.8. The van der Waals surface area contributed by atoms with Gasteiger partial charge in [0.05, 0.1) is 14.2 Å². The Bertz CT molecular complexity index is 885. The Morgan fingerprint density at radius 3 is 2.28 bits per heavy atom. The van der Waals surface area contributed by atoms with Gasteiger partial charge in [-0.2, -0.15) is 8.78 Å². The second kappa shape index (κ2) is 10.0. The highest BCUT2D eigenvalue weighted by Crippen LogP contribution is 2.31. The molecule has 0 bridgehead atoms. The summed E-state index contributed by atoms with van der Waals surface area (Å²) in [5.74, 6) is -2.21. The zero-order valence-electron chi connectivity index (χ0n) is 15.4. The predicted octanol–water partition coefficient (Wildman–Crippen LogP) is 2.42. The van der Waals surface area contributed by atoms with E-state index in [4.69, 9.17) is 14.2 Å². The normalized spacial score (nSPS) is 10.2. The molecule has 2 amide bonds. The van der Waals surface area contributed by atoms with Gasteiger partial charge < -0.3 is 18.9 Å². The van der Waals surface area contributed by atoms with Crippen LogP contribution >= 0.6 is 0 Å². The Labute approximate surface area is 164 Å². The van der Waals surface area contributed by atoms with Crippen molar-refractivity contribution in [3.63, 3.8) is 0 Å². The number of imide groups is 1. The van der Waals surface area contributed by atoms with Crippen molar-refractivity contribution >= 4 is 17.8 Å². The van der Waals surface area contributed by atoms with Crippen molar-refractivity contribution in [2.45, 2.75) is 6.61 Å². The van der Waals surface area contributed by atoms with Gasteiger partial charge in [-0.05, 0) is 36.4 Å². The van der Waals surface area contributed by atoms with Gasteiger partial charge in [0.15, 0.2) is 18.1 Å². The molecule has 29 heavy (non-hydrogen) atoms. The second-order valence-electron chi connectivity index (χ2n) is 5.40. The molecule has 0 heterocycles. The number of alkyl halides is 2. The first-order valence-electron chi connectivity index (χ1n) is 8.13. The summed E-state index contributed by atoms with van der Waals surface area (Å²) in [4.78, 5) is 36.0. The van der Waals surface area contributed by atoms with Crippen molar-refractivity contribution in [3.8, 4) is 17.2 Å². The van der Waals surface area contributed by atoms with Crippen LogP contribution in [0.3, 0.4) is 0 Å². The molecule has 0 aliphatic heterocycles. The van der Waals surface area contributed by atoms with E-state index in [1.54, 1.807) is 12.1 Å². The van der Waals surface area contributed by atoms with Crippen LogP contribution in [0.4, 0.5) is 8.78 Å². The summed E-state index contributed by atoms with van der Waals surface area (Å²) in [7, 11) is 2.75. The largest absolute Gasteiger partial charge is 0.493 e. The molecule has 0 spiro atoms.